The molecule has 5 rings (SSSR count). The molecular formula is C30H33N3O3S. The average Bonchev–Trinajstić information content (AvgIpc) is 3.48. The fourth-order valence-electron chi connectivity index (χ4n) is 5.20. The Hall–Kier alpha value is -3.45. The Morgan fingerprint density at radius 1 is 1.03 bits per heavy atom. The quantitative estimate of drug-likeness (QED) is 0.268. The molecule has 1 aliphatic rings. The fraction of sp³-hybridized carbons (Fsp3) is 0.367. The van der Waals surface area contributed by atoms with E-state index >= 15 is 0 Å². The van der Waals surface area contributed by atoms with E-state index in [1.54, 1.807) is 17.5 Å². The van der Waals surface area contributed by atoms with Crippen molar-refractivity contribution in [2.24, 2.45) is 5.92 Å². The summed E-state index contributed by atoms with van der Waals surface area (Å²) in [6.45, 7) is 4.81. The SMILES string of the molecule is CC(C)c1ccc(CNC(=O)c2cn3cc(-c4ccc([C@H]5CC[C@H](CC(=O)O)CC5)cc4)sc3n2)cc1. The lowest BCUT2D eigenvalue weighted by atomic mass is 9.77. The molecule has 0 saturated heterocycles. The van der Waals surface area contributed by atoms with Gasteiger partial charge in [-0.05, 0) is 65.7 Å². The van der Waals surface area contributed by atoms with Gasteiger partial charge in [-0.3, -0.25) is 14.0 Å². The van der Waals surface area contributed by atoms with E-state index in [-0.39, 0.29) is 5.91 Å². The molecule has 6 nitrogen and oxygen atoms in total. The second kappa shape index (κ2) is 10.9. The van der Waals surface area contributed by atoms with E-state index in [2.05, 4.69) is 72.7 Å². The highest BCUT2D eigenvalue weighted by Crippen LogP contribution is 2.38. The molecule has 7 heteroatoms. The maximum absolute atomic E-state index is 12.7. The summed E-state index contributed by atoms with van der Waals surface area (Å²) in [6.07, 6.45) is 8.19. The van der Waals surface area contributed by atoms with Crippen LogP contribution in [0.4, 0.5) is 0 Å². The molecule has 0 atom stereocenters. The zero-order valence-electron chi connectivity index (χ0n) is 21.3. The Morgan fingerprint density at radius 2 is 1.73 bits per heavy atom. The van der Waals surface area contributed by atoms with Crippen LogP contribution in [0.3, 0.4) is 0 Å². The number of hydrogen-bond donors (Lipinski definition) is 2. The number of carboxylic acid groups (broad SMARTS) is 1. The van der Waals surface area contributed by atoms with Crippen LogP contribution in [0.2, 0.25) is 0 Å². The minimum atomic E-state index is -0.685. The molecule has 2 N–H and O–H groups in total. The van der Waals surface area contributed by atoms with Gasteiger partial charge in [-0.25, -0.2) is 4.98 Å². The first kappa shape index (κ1) is 25.2. The van der Waals surface area contributed by atoms with Crippen molar-refractivity contribution in [3.63, 3.8) is 0 Å². The summed E-state index contributed by atoms with van der Waals surface area (Å²) in [4.78, 5) is 30.1. The van der Waals surface area contributed by atoms with E-state index in [1.165, 1.54) is 11.1 Å². The number of benzene rings is 2. The normalized spacial score (nSPS) is 17.8. The summed E-state index contributed by atoms with van der Waals surface area (Å²) in [6, 6.07) is 17.1. The minimum Gasteiger partial charge on any atom is -0.481 e. The van der Waals surface area contributed by atoms with Gasteiger partial charge in [0.2, 0.25) is 0 Å². The van der Waals surface area contributed by atoms with Crippen LogP contribution in [-0.2, 0) is 11.3 Å². The Morgan fingerprint density at radius 3 is 2.35 bits per heavy atom. The predicted octanol–water partition coefficient (Wildman–Crippen LogP) is 6.86. The molecule has 0 spiro atoms. The summed E-state index contributed by atoms with van der Waals surface area (Å²) >= 11 is 1.57. The van der Waals surface area contributed by atoms with Gasteiger partial charge in [-0.2, -0.15) is 0 Å². The van der Waals surface area contributed by atoms with Gasteiger partial charge >= 0.3 is 5.97 Å². The molecule has 0 bridgehead atoms. The van der Waals surface area contributed by atoms with Crippen molar-refractivity contribution < 1.29 is 14.7 Å². The number of carbonyl (C=O) groups is 2. The van der Waals surface area contributed by atoms with Crippen LogP contribution in [0.25, 0.3) is 15.4 Å². The van der Waals surface area contributed by atoms with Crippen molar-refractivity contribution in [2.75, 3.05) is 0 Å². The second-order valence-corrected chi connectivity index (χ2v) is 11.4. The number of fused-ring (bicyclic) bond motifs is 1. The molecule has 1 saturated carbocycles. The van der Waals surface area contributed by atoms with Crippen molar-refractivity contribution in [3.05, 3.63) is 83.3 Å². The number of carboxylic acids is 1. The molecule has 192 valence electrons. The van der Waals surface area contributed by atoms with Crippen LogP contribution in [0.1, 0.15) is 85.0 Å². The number of thiazole rings is 1. The number of amides is 1. The minimum absolute atomic E-state index is 0.173. The first-order chi connectivity index (χ1) is 17.9. The number of carbonyl (C=O) groups excluding carboxylic acids is 1. The number of imidazole rings is 1. The van der Waals surface area contributed by atoms with Gasteiger partial charge in [0.1, 0.15) is 5.69 Å². The zero-order valence-corrected chi connectivity index (χ0v) is 22.1. The van der Waals surface area contributed by atoms with Crippen LogP contribution in [0.5, 0.6) is 0 Å². The second-order valence-electron chi connectivity index (χ2n) is 10.4. The number of rotatable bonds is 8. The standard InChI is InChI=1S/C30H33N3O3S/c1-19(2)22-7-5-21(6-8-22)16-31-29(36)26-17-33-18-27(37-30(33)32-26)25-13-11-24(12-14-25)23-9-3-20(4-10-23)15-28(34)35/h5-8,11-14,17-20,23H,3-4,9-10,15-16H2,1-2H3,(H,31,36)(H,34,35)/t20-,23-. The van der Waals surface area contributed by atoms with E-state index in [1.807, 2.05) is 10.6 Å². The van der Waals surface area contributed by atoms with Crippen molar-refractivity contribution in [1.29, 1.82) is 0 Å². The van der Waals surface area contributed by atoms with Crippen molar-refractivity contribution in [2.45, 2.75) is 64.3 Å². The van der Waals surface area contributed by atoms with Crippen molar-refractivity contribution >= 4 is 28.2 Å². The molecule has 1 aliphatic carbocycles. The third kappa shape index (κ3) is 5.93. The highest BCUT2D eigenvalue weighted by atomic mass is 32.1. The molecule has 2 aromatic carbocycles. The molecule has 1 fully saturated rings. The van der Waals surface area contributed by atoms with E-state index < -0.39 is 5.97 Å². The lowest BCUT2D eigenvalue weighted by Crippen LogP contribution is -2.23. The number of aliphatic carboxylic acids is 1. The van der Waals surface area contributed by atoms with E-state index in [0.717, 1.165) is 46.6 Å². The Kier molecular flexibility index (Phi) is 7.42. The number of hydrogen-bond acceptors (Lipinski definition) is 4. The summed E-state index contributed by atoms with van der Waals surface area (Å²) in [5.74, 6) is 0.456. The van der Waals surface area contributed by atoms with Gasteiger partial charge in [-0.1, -0.05) is 73.7 Å². The molecule has 2 aromatic heterocycles. The van der Waals surface area contributed by atoms with Gasteiger partial charge < -0.3 is 10.4 Å². The molecule has 0 aliphatic heterocycles. The van der Waals surface area contributed by atoms with Crippen LogP contribution in [-0.4, -0.2) is 26.4 Å². The summed E-state index contributed by atoms with van der Waals surface area (Å²) in [5, 5.41) is 12.0. The van der Waals surface area contributed by atoms with E-state index in [0.29, 0.717) is 36.4 Å². The van der Waals surface area contributed by atoms with E-state index in [9.17, 15) is 9.59 Å². The maximum atomic E-state index is 12.7. The fourth-order valence-corrected chi connectivity index (χ4v) is 6.17. The van der Waals surface area contributed by atoms with Crippen LogP contribution in [0, 0.1) is 5.92 Å². The monoisotopic (exact) mass is 515 g/mol. The summed E-state index contributed by atoms with van der Waals surface area (Å²) in [7, 11) is 0. The van der Waals surface area contributed by atoms with Crippen LogP contribution in [0.15, 0.2) is 60.9 Å². The van der Waals surface area contributed by atoms with Crippen LogP contribution < -0.4 is 5.32 Å². The molecular weight excluding hydrogens is 482 g/mol. The Bertz CT molecular complexity index is 1350. The molecule has 0 unspecified atom stereocenters. The number of nitrogens with one attached hydrogen (secondary N) is 1. The highest BCUT2D eigenvalue weighted by Gasteiger charge is 2.24. The third-order valence-electron chi connectivity index (χ3n) is 7.46. The first-order valence-electron chi connectivity index (χ1n) is 13.0. The van der Waals surface area contributed by atoms with Gasteiger partial charge in [0, 0.05) is 25.4 Å². The topological polar surface area (TPSA) is 83.7 Å². The van der Waals surface area contributed by atoms with Gasteiger partial charge in [-0.15, -0.1) is 0 Å². The Balaban J connectivity index is 1.19. The van der Waals surface area contributed by atoms with Crippen molar-refractivity contribution in [3.8, 4) is 10.4 Å². The van der Waals surface area contributed by atoms with Gasteiger partial charge in [0.05, 0.1) is 4.88 Å². The maximum Gasteiger partial charge on any atom is 0.303 e. The largest absolute Gasteiger partial charge is 0.481 e. The van der Waals surface area contributed by atoms with Crippen molar-refractivity contribution in [1.82, 2.24) is 14.7 Å². The molecule has 1 amide bonds. The third-order valence-corrected chi connectivity index (χ3v) is 8.51. The molecule has 0 radical (unpaired) electrons. The molecule has 2 heterocycles. The Labute approximate surface area is 221 Å². The summed E-state index contributed by atoms with van der Waals surface area (Å²) in [5.41, 5.74) is 5.24. The predicted molar refractivity (Wildman–Crippen MR) is 147 cm³/mol. The molecule has 4 aromatic rings. The summed E-state index contributed by atoms with van der Waals surface area (Å²) < 4.78 is 1.92. The smallest absolute Gasteiger partial charge is 0.303 e. The van der Waals surface area contributed by atoms with Gasteiger partial charge in [0.15, 0.2) is 4.96 Å². The lowest BCUT2D eigenvalue weighted by Gasteiger charge is -2.28. The highest BCUT2D eigenvalue weighted by molar-refractivity contribution is 7.20. The first-order valence-corrected chi connectivity index (χ1v) is 13.8. The van der Waals surface area contributed by atoms with Gasteiger partial charge in [0.25, 0.3) is 5.91 Å². The van der Waals surface area contributed by atoms with E-state index in [4.69, 9.17) is 5.11 Å². The zero-order chi connectivity index (χ0) is 25.9. The number of aromatic nitrogens is 2. The number of nitrogens with zero attached hydrogens (tertiary/aromatic N) is 2. The lowest BCUT2D eigenvalue weighted by molar-refractivity contribution is -0.138. The van der Waals surface area contributed by atoms with Crippen LogP contribution >= 0.6 is 11.3 Å². The average molecular weight is 516 g/mol. The molecule has 37 heavy (non-hydrogen) atoms.